The molecule has 0 atom stereocenters. The number of anilines is 2. The number of amides is 2. The van der Waals surface area contributed by atoms with E-state index in [0.717, 1.165) is 16.8 Å². The van der Waals surface area contributed by atoms with Crippen LogP contribution in [0.25, 0.3) is 6.08 Å². The van der Waals surface area contributed by atoms with Crippen molar-refractivity contribution in [3.63, 3.8) is 0 Å². The van der Waals surface area contributed by atoms with Crippen LogP contribution in [0, 0.1) is 6.92 Å². The minimum Gasteiger partial charge on any atom is -0.493 e. The molecule has 178 valence electrons. The Morgan fingerprint density at radius 2 is 1.91 bits per heavy atom. The van der Waals surface area contributed by atoms with E-state index in [0.29, 0.717) is 31.4 Å². The quantitative estimate of drug-likeness (QED) is 0.298. The number of nitrogens with zero attached hydrogens (tertiary/aromatic N) is 1. The summed E-state index contributed by atoms with van der Waals surface area (Å²) in [5, 5.41) is 3.14. The first-order chi connectivity index (χ1) is 16.9. The largest absolute Gasteiger partial charge is 0.493 e. The number of nitrogens with one attached hydrogen (secondary N) is 1. The van der Waals surface area contributed by atoms with Gasteiger partial charge in [0.1, 0.15) is 0 Å². The summed E-state index contributed by atoms with van der Waals surface area (Å²) in [6.07, 6.45) is 1.76. The molecule has 1 heterocycles. The first-order valence-electron chi connectivity index (χ1n) is 10.6. The number of hydrogen-bond donors (Lipinski definition) is 1. The lowest BCUT2D eigenvalue weighted by atomic mass is 10.1. The molecular weight excluding hydrogens is 504 g/mol. The molecule has 1 aliphatic rings. The number of methoxy groups -OCH3 is 1. The van der Waals surface area contributed by atoms with Crippen LogP contribution in [0.4, 0.5) is 11.4 Å². The highest BCUT2D eigenvalue weighted by molar-refractivity contribution is 8.27. The lowest BCUT2D eigenvalue weighted by Crippen LogP contribution is -2.27. The molecule has 0 aliphatic carbocycles. The molecule has 1 N–H and O–H groups in total. The smallest absolute Gasteiger partial charge is 0.270 e. The third kappa shape index (κ3) is 5.85. The second-order valence-electron chi connectivity index (χ2n) is 7.58. The van der Waals surface area contributed by atoms with E-state index in [1.807, 2.05) is 31.2 Å². The fourth-order valence-electron chi connectivity index (χ4n) is 3.39. The maximum atomic E-state index is 13.0. The fraction of sp³-hybridized carbons (Fsp3) is 0.115. The molecule has 0 aromatic heterocycles. The lowest BCUT2D eigenvalue weighted by Gasteiger charge is -2.14. The van der Waals surface area contributed by atoms with Crippen LogP contribution in [0.3, 0.4) is 0 Å². The second-order valence-corrected chi connectivity index (χ2v) is 9.67. The number of carbonyl (C=O) groups excluding carboxylic acids is 2. The summed E-state index contributed by atoms with van der Waals surface area (Å²) >= 11 is 12.8. The van der Waals surface area contributed by atoms with Crippen LogP contribution in [0.5, 0.6) is 11.5 Å². The molecule has 3 aromatic carbocycles. The minimum absolute atomic E-state index is 0.180. The fourth-order valence-corrected chi connectivity index (χ4v) is 4.88. The number of para-hydroxylation sites is 1. The summed E-state index contributed by atoms with van der Waals surface area (Å²) in [6, 6.07) is 19.8. The van der Waals surface area contributed by atoms with E-state index in [1.165, 1.54) is 23.8 Å². The van der Waals surface area contributed by atoms with Gasteiger partial charge in [-0.15, -0.1) is 0 Å². The molecule has 1 aliphatic heterocycles. The molecule has 0 radical (unpaired) electrons. The third-order valence-electron chi connectivity index (χ3n) is 5.05. The first-order valence-corrected chi connectivity index (χ1v) is 12.2. The Kier molecular flexibility index (Phi) is 7.75. The Morgan fingerprint density at radius 3 is 2.66 bits per heavy atom. The molecule has 35 heavy (non-hydrogen) atoms. The van der Waals surface area contributed by atoms with E-state index in [1.54, 1.807) is 48.5 Å². The number of aryl methyl sites for hydroxylation is 1. The Balaban J connectivity index is 1.46. The SMILES string of the molecule is COc1cc(/C=C2\SC(=S)N(c3cccc(C)c3)C2=O)ccc1OCC(=O)Nc1ccccc1Cl. The summed E-state index contributed by atoms with van der Waals surface area (Å²) < 4.78 is 11.6. The van der Waals surface area contributed by atoms with Crippen LogP contribution in [0.2, 0.25) is 5.02 Å². The van der Waals surface area contributed by atoms with Gasteiger partial charge in [0.2, 0.25) is 0 Å². The Labute approximate surface area is 217 Å². The van der Waals surface area contributed by atoms with Crippen LogP contribution in [0.15, 0.2) is 71.6 Å². The number of ether oxygens (including phenoxy) is 2. The normalized spacial score (nSPS) is 14.4. The zero-order valence-corrected chi connectivity index (χ0v) is 21.3. The summed E-state index contributed by atoms with van der Waals surface area (Å²) in [7, 11) is 1.51. The van der Waals surface area contributed by atoms with Crippen molar-refractivity contribution in [3.8, 4) is 11.5 Å². The molecule has 6 nitrogen and oxygen atoms in total. The predicted octanol–water partition coefficient (Wildman–Crippen LogP) is 6.08. The van der Waals surface area contributed by atoms with Crippen molar-refractivity contribution >= 4 is 69.2 Å². The number of thioether (sulfide) groups is 1. The molecule has 9 heteroatoms. The van der Waals surface area contributed by atoms with E-state index in [-0.39, 0.29) is 18.4 Å². The Bertz CT molecular complexity index is 1340. The van der Waals surface area contributed by atoms with E-state index >= 15 is 0 Å². The van der Waals surface area contributed by atoms with Gasteiger partial charge in [-0.2, -0.15) is 0 Å². The van der Waals surface area contributed by atoms with Gasteiger partial charge in [-0.3, -0.25) is 14.5 Å². The topological polar surface area (TPSA) is 67.9 Å². The summed E-state index contributed by atoms with van der Waals surface area (Å²) in [4.78, 5) is 27.4. The van der Waals surface area contributed by atoms with Crippen molar-refractivity contribution < 1.29 is 19.1 Å². The van der Waals surface area contributed by atoms with E-state index in [2.05, 4.69) is 5.32 Å². The molecule has 0 unspecified atom stereocenters. The van der Waals surface area contributed by atoms with Gasteiger partial charge in [0.05, 0.1) is 28.4 Å². The molecule has 0 spiro atoms. The van der Waals surface area contributed by atoms with Gasteiger partial charge in [0.25, 0.3) is 11.8 Å². The van der Waals surface area contributed by atoms with Gasteiger partial charge in [-0.25, -0.2) is 0 Å². The maximum Gasteiger partial charge on any atom is 0.270 e. The average molecular weight is 525 g/mol. The van der Waals surface area contributed by atoms with Gasteiger partial charge in [0.15, 0.2) is 22.4 Å². The second kappa shape index (κ2) is 10.9. The van der Waals surface area contributed by atoms with Gasteiger partial charge >= 0.3 is 0 Å². The average Bonchev–Trinajstić information content (AvgIpc) is 3.12. The molecule has 1 fully saturated rings. The number of hydrogen-bond acceptors (Lipinski definition) is 6. The van der Waals surface area contributed by atoms with Crippen molar-refractivity contribution in [2.45, 2.75) is 6.92 Å². The van der Waals surface area contributed by atoms with E-state index in [9.17, 15) is 9.59 Å². The van der Waals surface area contributed by atoms with Gasteiger partial charge in [-0.05, 0) is 60.5 Å². The summed E-state index contributed by atoms with van der Waals surface area (Å²) in [5.41, 5.74) is 3.03. The Hall–Kier alpha value is -3.33. The lowest BCUT2D eigenvalue weighted by molar-refractivity contribution is -0.118. The molecule has 4 rings (SSSR count). The third-order valence-corrected chi connectivity index (χ3v) is 6.68. The summed E-state index contributed by atoms with van der Waals surface area (Å²) in [6.45, 7) is 1.74. The first kappa shape index (κ1) is 24.8. The maximum absolute atomic E-state index is 13.0. The molecule has 3 aromatic rings. The van der Waals surface area contributed by atoms with Crippen molar-refractivity contribution in [1.82, 2.24) is 0 Å². The number of rotatable bonds is 7. The zero-order chi connectivity index (χ0) is 24.9. The van der Waals surface area contributed by atoms with Crippen molar-refractivity contribution in [3.05, 3.63) is 87.8 Å². The number of halogens is 1. The van der Waals surface area contributed by atoms with Gasteiger partial charge in [-0.1, -0.05) is 65.9 Å². The van der Waals surface area contributed by atoms with Crippen LogP contribution in [0.1, 0.15) is 11.1 Å². The Morgan fingerprint density at radius 1 is 1.11 bits per heavy atom. The molecule has 0 bridgehead atoms. The predicted molar refractivity (Wildman–Crippen MR) is 145 cm³/mol. The van der Waals surface area contributed by atoms with Crippen LogP contribution >= 0.6 is 35.6 Å². The highest BCUT2D eigenvalue weighted by Gasteiger charge is 2.33. The minimum atomic E-state index is -0.357. The van der Waals surface area contributed by atoms with Crippen molar-refractivity contribution in [2.75, 3.05) is 23.9 Å². The number of benzene rings is 3. The van der Waals surface area contributed by atoms with Crippen molar-refractivity contribution in [1.29, 1.82) is 0 Å². The van der Waals surface area contributed by atoms with Gasteiger partial charge < -0.3 is 14.8 Å². The molecule has 2 amide bonds. The van der Waals surface area contributed by atoms with Crippen LogP contribution in [-0.4, -0.2) is 29.9 Å². The highest BCUT2D eigenvalue weighted by Crippen LogP contribution is 2.37. The number of thiocarbonyl (C=S) groups is 1. The monoisotopic (exact) mass is 524 g/mol. The van der Waals surface area contributed by atoms with E-state index in [4.69, 9.17) is 33.3 Å². The van der Waals surface area contributed by atoms with Crippen molar-refractivity contribution in [2.24, 2.45) is 0 Å². The van der Waals surface area contributed by atoms with E-state index < -0.39 is 0 Å². The number of carbonyl (C=O) groups is 2. The molecule has 0 saturated carbocycles. The molecular formula is C26H21ClN2O4S2. The molecule has 1 saturated heterocycles. The van der Waals surface area contributed by atoms with Gasteiger partial charge in [0, 0.05) is 0 Å². The zero-order valence-electron chi connectivity index (χ0n) is 18.9. The summed E-state index contributed by atoms with van der Waals surface area (Å²) in [5.74, 6) is 0.287. The standard InChI is InChI=1S/C26H21ClN2O4S2/c1-16-6-5-7-18(12-16)29-25(31)23(35-26(29)34)14-17-10-11-21(22(13-17)32-2)33-15-24(30)28-20-9-4-3-8-19(20)27/h3-14H,15H2,1-2H3,(H,28,30)/b23-14-. The van der Waals surface area contributed by atoms with Crippen LogP contribution < -0.4 is 19.7 Å². The van der Waals surface area contributed by atoms with Crippen LogP contribution in [-0.2, 0) is 9.59 Å². The highest BCUT2D eigenvalue weighted by atomic mass is 35.5.